The van der Waals surface area contributed by atoms with Crippen LogP contribution in [0.15, 0.2) is 103 Å². The van der Waals surface area contributed by atoms with E-state index in [-0.39, 0.29) is 12.7 Å². The molecule has 1 heterocycles. The lowest BCUT2D eigenvalue weighted by Gasteiger charge is -2.32. The van der Waals surface area contributed by atoms with Gasteiger partial charge >= 0.3 is 6.09 Å². The van der Waals surface area contributed by atoms with E-state index in [1.54, 1.807) is 36.3 Å². The predicted octanol–water partition coefficient (Wildman–Crippen LogP) is 7.65. The number of methoxy groups -OCH3 is 1. The van der Waals surface area contributed by atoms with E-state index in [0.29, 0.717) is 44.2 Å². The molecule has 0 aromatic heterocycles. The van der Waals surface area contributed by atoms with E-state index in [9.17, 15) is 14.9 Å². The summed E-state index contributed by atoms with van der Waals surface area (Å²) in [6.45, 7) is 4.48. The number of benzene rings is 4. The molecule has 47 heavy (non-hydrogen) atoms. The first-order chi connectivity index (χ1) is 22.9. The van der Waals surface area contributed by atoms with Gasteiger partial charge in [0.25, 0.3) is 5.09 Å². The van der Waals surface area contributed by atoms with E-state index in [1.165, 1.54) is 11.1 Å². The van der Waals surface area contributed by atoms with Crippen LogP contribution < -0.4 is 9.47 Å². The molecule has 4 aromatic rings. The minimum Gasteiger partial charge on any atom is -0.493 e. The second kappa shape index (κ2) is 18.9. The second-order valence-electron chi connectivity index (χ2n) is 11.1. The average molecular weight is 643 g/mol. The van der Waals surface area contributed by atoms with Gasteiger partial charge in [-0.05, 0) is 60.2 Å². The largest absolute Gasteiger partial charge is 0.493 e. The van der Waals surface area contributed by atoms with Gasteiger partial charge in [0.1, 0.15) is 18.1 Å². The molecule has 0 bridgehead atoms. The molecule has 1 saturated heterocycles. The molecule has 0 saturated carbocycles. The van der Waals surface area contributed by atoms with E-state index in [2.05, 4.69) is 53.4 Å². The number of ether oxygens (including phenoxy) is 4. The third kappa shape index (κ3) is 12.1. The SMILES string of the molecule is COCCCOc1cc(C)ccc1COC1CCCN(C(=O)Oc2ccc(CO[N+](=O)[O-])cc2)C1.c1ccc(-c2ccccc2)cc1. The van der Waals surface area contributed by atoms with Gasteiger partial charge in [0.2, 0.25) is 0 Å². The lowest BCUT2D eigenvalue weighted by molar-refractivity contribution is -0.763. The Balaban J connectivity index is 0.000000345. The molecule has 0 spiro atoms. The van der Waals surface area contributed by atoms with E-state index in [1.807, 2.05) is 37.3 Å². The van der Waals surface area contributed by atoms with E-state index in [4.69, 9.17) is 18.9 Å². The normalized spacial score (nSPS) is 14.0. The summed E-state index contributed by atoms with van der Waals surface area (Å²) in [7, 11) is 1.67. The molecule has 1 aliphatic heterocycles. The zero-order valence-electron chi connectivity index (χ0n) is 26.9. The van der Waals surface area contributed by atoms with Crippen LogP contribution in [0.1, 0.15) is 36.0 Å². The number of carbonyl (C=O) groups excluding carboxylic acids is 1. The molecule has 1 fully saturated rings. The Morgan fingerprint density at radius 1 is 0.894 bits per heavy atom. The first-order valence-electron chi connectivity index (χ1n) is 15.7. The summed E-state index contributed by atoms with van der Waals surface area (Å²) in [5.74, 6) is 1.16. The van der Waals surface area contributed by atoms with E-state index >= 15 is 0 Å². The number of hydrogen-bond donors (Lipinski definition) is 0. The van der Waals surface area contributed by atoms with Gasteiger partial charge in [-0.1, -0.05) is 84.9 Å². The summed E-state index contributed by atoms with van der Waals surface area (Å²) >= 11 is 0. The van der Waals surface area contributed by atoms with Crippen LogP contribution in [0.2, 0.25) is 0 Å². The monoisotopic (exact) mass is 642 g/mol. The maximum absolute atomic E-state index is 12.7. The third-order valence-electron chi connectivity index (χ3n) is 7.43. The summed E-state index contributed by atoms with van der Waals surface area (Å²) in [4.78, 5) is 28.9. The Labute approximate surface area is 275 Å². The van der Waals surface area contributed by atoms with Gasteiger partial charge in [-0.3, -0.25) is 0 Å². The smallest absolute Gasteiger partial charge is 0.415 e. The molecule has 10 heteroatoms. The zero-order valence-corrected chi connectivity index (χ0v) is 26.9. The highest BCUT2D eigenvalue weighted by molar-refractivity contribution is 5.70. The number of aryl methyl sites for hydroxylation is 1. The van der Waals surface area contributed by atoms with Crippen molar-refractivity contribution in [1.29, 1.82) is 0 Å². The van der Waals surface area contributed by atoms with Crippen LogP contribution in [0.5, 0.6) is 11.5 Å². The molecule has 248 valence electrons. The van der Waals surface area contributed by atoms with Crippen LogP contribution in [0.25, 0.3) is 11.1 Å². The Morgan fingerprint density at radius 3 is 2.21 bits per heavy atom. The highest BCUT2D eigenvalue weighted by Gasteiger charge is 2.26. The van der Waals surface area contributed by atoms with Crippen molar-refractivity contribution < 1.29 is 33.7 Å². The van der Waals surface area contributed by atoms with Crippen molar-refractivity contribution in [3.63, 3.8) is 0 Å². The summed E-state index contributed by atoms with van der Waals surface area (Å²) < 4.78 is 22.6. The van der Waals surface area contributed by atoms with Crippen molar-refractivity contribution in [2.45, 2.75) is 45.5 Å². The van der Waals surface area contributed by atoms with Crippen LogP contribution in [0.3, 0.4) is 0 Å². The Kier molecular flexibility index (Phi) is 14.0. The van der Waals surface area contributed by atoms with Crippen molar-refractivity contribution in [3.05, 3.63) is 130 Å². The summed E-state index contributed by atoms with van der Waals surface area (Å²) in [6.07, 6.45) is 1.90. The van der Waals surface area contributed by atoms with Gasteiger partial charge in [0, 0.05) is 32.2 Å². The Hall–Kier alpha value is -4.93. The topological polar surface area (TPSA) is 110 Å². The average Bonchev–Trinajstić information content (AvgIpc) is 3.10. The van der Waals surface area contributed by atoms with Crippen molar-refractivity contribution in [3.8, 4) is 22.6 Å². The molecule has 1 amide bonds. The second-order valence-corrected chi connectivity index (χ2v) is 11.1. The molecule has 5 rings (SSSR count). The van der Waals surface area contributed by atoms with E-state index in [0.717, 1.165) is 36.1 Å². The lowest BCUT2D eigenvalue weighted by Crippen LogP contribution is -2.44. The van der Waals surface area contributed by atoms with Crippen molar-refractivity contribution in [2.24, 2.45) is 0 Å². The molecular weight excluding hydrogens is 600 g/mol. The maximum atomic E-state index is 12.7. The number of carbonyl (C=O) groups is 1. The first kappa shape index (κ1) is 34.9. The number of piperidine rings is 1. The fourth-order valence-electron chi connectivity index (χ4n) is 4.96. The van der Waals surface area contributed by atoms with Crippen LogP contribution in [0, 0.1) is 17.0 Å². The summed E-state index contributed by atoms with van der Waals surface area (Å²) in [6, 6.07) is 33.2. The van der Waals surface area contributed by atoms with Crippen LogP contribution in [-0.4, -0.2) is 55.6 Å². The van der Waals surface area contributed by atoms with Gasteiger partial charge in [0.05, 0.1) is 25.9 Å². The number of rotatable bonds is 13. The van der Waals surface area contributed by atoms with Crippen LogP contribution in [0.4, 0.5) is 4.79 Å². The fraction of sp³-hybridized carbons (Fsp3) is 0.324. The standard InChI is InChI=1S/C25H32N2O8.C12H10/c1-19-6-9-21(24(15-19)32-14-4-13-31-2)18-33-23-5-3-12-26(16-23)25(28)35-22-10-7-20(8-11-22)17-34-27(29)30;1-3-7-11(8-4-1)12-9-5-2-6-10-12/h6-11,15,23H,3-5,12-14,16-18H2,1-2H3;1-10H. The number of amides is 1. The highest BCUT2D eigenvalue weighted by Crippen LogP contribution is 2.24. The van der Waals surface area contributed by atoms with Crippen molar-refractivity contribution in [1.82, 2.24) is 4.90 Å². The minimum atomic E-state index is -0.849. The van der Waals surface area contributed by atoms with Gasteiger partial charge in [-0.15, -0.1) is 10.1 Å². The molecule has 4 aromatic carbocycles. The molecule has 10 nitrogen and oxygen atoms in total. The van der Waals surface area contributed by atoms with Crippen LogP contribution in [-0.2, 0) is 27.5 Å². The quantitative estimate of drug-likeness (QED) is 0.0831. The molecule has 0 aliphatic carbocycles. The van der Waals surface area contributed by atoms with Crippen molar-refractivity contribution in [2.75, 3.05) is 33.4 Å². The third-order valence-corrected chi connectivity index (χ3v) is 7.43. The molecular formula is C37H42N2O8. The summed E-state index contributed by atoms with van der Waals surface area (Å²) in [5.41, 5.74) is 5.23. The fourth-order valence-corrected chi connectivity index (χ4v) is 4.96. The molecule has 0 N–H and O–H groups in total. The maximum Gasteiger partial charge on any atom is 0.415 e. The Morgan fingerprint density at radius 2 is 1.57 bits per heavy atom. The number of nitrogens with zero attached hydrogens (tertiary/aromatic N) is 2. The predicted molar refractivity (Wildman–Crippen MR) is 179 cm³/mol. The van der Waals surface area contributed by atoms with Crippen LogP contribution >= 0.6 is 0 Å². The minimum absolute atomic E-state index is 0.111. The summed E-state index contributed by atoms with van der Waals surface area (Å²) in [5, 5.41) is 9.45. The lowest BCUT2D eigenvalue weighted by atomic mass is 10.1. The number of hydrogen-bond acceptors (Lipinski definition) is 8. The number of likely N-dealkylation sites (tertiary alicyclic amines) is 1. The van der Waals surface area contributed by atoms with Gasteiger partial charge in [-0.2, -0.15) is 0 Å². The first-order valence-corrected chi connectivity index (χ1v) is 15.7. The van der Waals surface area contributed by atoms with Gasteiger partial charge in [0.15, 0.2) is 0 Å². The van der Waals surface area contributed by atoms with Gasteiger partial charge in [-0.25, -0.2) is 4.79 Å². The zero-order chi connectivity index (χ0) is 33.3. The molecule has 1 unspecified atom stereocenters. The molecule has 0 radical (unpaired) electrons. The molecule has 1 atom stereocenters. The van der Waals surface area contributed by atoms with Crippen molar-refractivity contribution >= 4 is 6.09 Å². The van der Waals surface area contributed by atoms with E-state index < -0.39 is 11.2 Å². The Bertz CT molecular complexity index is 1480. The molecule has 1 aliphatic rings. The highest BCUT2D eigenvalue weighted by atomic mass is 16.9. The van der Waals surface area contributed by atoms with Gasteiger partial charge < -0.3 is 28.7 Å².